The number of ether oxygens (including phenoxy) is 1. The maximum absolute atomic E-state index is 14.1. The van der Waals surface area contributed by atoms with Gasteiger partial charge in [-0.1, -0.05) is 44.2 Å². The number of halogens is 6. The van der Waals surface area contributed by atoms with E-state index < -0.39 is 40.8 Å². The standard InChI is InChI=1S/C30H22F6N2O2/c1-16(2)23-15-37-26-10-9-21(14-22(23)26)40-27-24(29(31,32)33)12-20(13-25(27)30(34,35)36)38-28(39)19-8-7-17-5-3-4-6-18(17)11-19/h3-16,37H,1-2H3,(H,38,39). The van der Waals surface area contributed by atoms with Gasteiger partial charge in [0.05, 0.1) is 0 Å². The van der Waals surface area contributed by atoms with Crippen molar-refractivity contribution in [3.63, 3.8) is 0 Å². The Morgan fingerprint density at radius 3 is 2.10 bits per heavy atom. The van der Waals surface area contributed by atoms with Gasteiger partial charge in [0.2, 0.25) is 0 Å². The molecule has 2 N–H and O–H groups in total. The summed E-state index contributed by atoms with van der Waals surface area (Å²) in [6, 6.07) is 16.7. The number of aromatic nitrogens is 1. The lowest BCUT2D eigenvalue weighted by atomic mass is 10.0. The second-order valence-electron chi connectivity index (χ2n) is 9.62. The summed E-state index contributed by atoms with van der Waals surface area (Å²) >= 11 is 0. The number of H-pyrrole nitrogens is 1. The van der Waals surface area contributed by atoms with E-state index in [1.54, 1.807) is 36.5 Å². The fourth-order valence-corrected chi connectivity index (χ4v) is 4.55. The normalized spacial score (nSPS) is 12.3. The zero-order valence-corrected chi connectivity index (χ0v) is 21.2. The molecule has 0 fully saturated rings. The summed E-state index contributed by atoms with van der Waals surface area (Å²) in [7, 11) is 0. The van der Waals surface area contributed by atoms with Crippen molar-refractivity contribution >= 4 is 33.3 Å². The van der Waals surface area contributed by atoms with Gasteiger partial charge in [0.1, 0.15) is 16.9 Å². The van der Waals surface area contributed by atoms with Gasteiger partial charge in [0, 0.05) is 28.4 Å². The molecule has 0 unspecified atom stereocenters. The molecule has 0 aliphatic carbocycles. The molecule has 4 aromatic carbocycles. The smallest absolute Gasteiger partial charge is 0.420 e. The third kappa shape index (κ3) is 5.34. The highest BCUT2D eigenvalue weighted by molar-refractivity contribution is 6.06. The van der Waals surface area contributed by atoms with Gasteiger partial charge in [-0.15, -0.1) is 0 Å². The van der Waals surface area contributed by atoms with Crippen LogP contribution in [0.4, 0.5) is 32.0 Å². The number of carbonyl (C=O) groups is 1. The highest BCUT2D eigenvalue weighted by Gasteiger charge is 2.43. The van der Waals surface area contributed by atoms with Gasteiger partial charge in [-0.25, -0.2) is 0 Å². The molecule has 40 heavy (non-hydrogen) atoms. The van der Waals surface area contributed by atoms with Gasteiger partial charge in [0.25, 0.3) is 5.91 Å². The fourth-order valence-electron chi connectivity index (χ4n) is 4.55. The van der Waals surface area contributed by atoms with Crippen LogP contribution in [-0.4, -0.2) is 10.9 Å². The number of hydrogen-bond acceptors (Lipinski definition) is 2. The van der Waals surface area contributed by atoms with Crippen LogP contribution in [0.5, 0.6) is 11.5 Å². The highest BCUT2D eigenvalue weighted by atomic mass is 19.4. The largest absolute Gasteiger partial charge is 0.456 e. The van der Waals surface area contributed by atoms with Gasteiger partial charge >= 0.3 is 12.4 Å². The first-order chi connectivity index (χ1) is 18.8. The second kappa shape index (κ2) is 9.93. The van der Waals surface area contributed by atoms with Crippen molar-refractivity contribution < 1.29 is 35.9 Å². The lowest BCUT2D eigenvalue weighted by molar-refractivity contribution is -0.144. The van der Waals surface area contributed by atoms with E-state index in [2.05, 4.69) is 10.3 Å². The SMILES string of the molecule is CC(C)c1c[nH]c2ccc(Oc3c(C(F)(F)F)cc(NC(=O)c4ccc5ccccc5c4)cc3C(F)(F)F)cc12. The van der Waals surface area contributed by atoms with Crippen LogP contribution in [0.2, 0.25) is 0 Å². The first-order valence-electron chi connectivity index (χ1n) is 12.2. The second-order valence-corrected chi connectivity index (χ2v) is 9.62. The van der Waals surface area contributed by atoms with E-state index in [-0.39, 0.29) is 17.2 Å². The summed E-state index contributed by atoms with van der Waals surface area (Å²) in [4.78, 5) is 15.9. The molecule has 0 aliphatic heterocycles. The molecule has 0 atom stereocenters. The maximum Gasteiger partial charge on any atom is 0.420 e. The van der Waals surface area contributed by atoms with Crippen LogP contribution >= 0.6 is 0 Å². The number of anilines is 1. The first-order valence-corrected chi connectivity index (χ1v) is 12.2. The predicted octanol–water partition coefficient (Wildman–Crippen LogP) is 9.53. The predicted molar refractivity (Wildman–Crippen MR) is 141 cm³/mol. The van der Waals surface area contributed by atoms with Gasteiger partial charge in [-0.2, -0.15) is 26.3 Å². The Kier molecular flexibility index (Phi) is 6.73. The van der Waals surface area contributed by atoms with Gasteiger partial charge in [0.15, 0.2) is 5.75 Å². The minimum absolute atomic E-state index is 0.0472. The number of nitrogens with one attached hydrogen (secondary N) is 2. The summed E-state index contributed by atoms with van der Waals surface area (Å²) in [5.74, 6) is -2.41. The summed E-state index contributed by atoms with van der Waals surface area (Å²) in [6.07, 6.45) is -8.71. The molecule has 0 aliphatic rings. The third-order valence-electron chi connectivity index (χ3n) is 6.50. The summed E-state index contributed by atoms with van der Waals surface area (Å²) < 4.78 is 90.2. The number of alkyl halides is 6. The van der Waals surface area contributed by atoms with E-state index in [9.17, 15) is 31.1 Å². The van der Waals surface area contributed by atoms with Crippen LogP contribution in [-0.2, 0) is 12.4 Å². The summed E-state index contributed by atoms with van der Waals surface area (Å²) in [5.41, 5.74) is -2.45. The number of hydrogen-bond donors (Lipinski definition) is 2. The topological polar surface area (TPSA) is 54.1 Å². The Balaban J connectivity index is 1.57. The molecule has 10 heteroatoms. The van der Waals surface area contributed by atoms with Crippen LogP contribution in [0.3, 0.4) is 0 Å². The quantitative estimate of drug-likeness (QED) is 0.212. The van der Waals surface area contributed by atoms with E-state index in [0.717, 1.165) is 10.9 Å². The van der Waals surface area contributed by atoms with Crippen molar-refractivity contribution in [2.24, 2.45) is 0 Å². The number of amides is 1. The molecule has 5 rings (SSSR count). The fraction of sp³-hybridized carbons (Fsp3) is 0.167. The monoisotopic (exact) mass is 556 g/mol. The molecule has 5 aromatic rings. The van der Waals surface area contributed by atoms with Crippen molar-refractivity contribution in [1.29, 1.82) is 0 Å². The number of carbonyl (C=O) groups excluding carboxylic acids is 1. The van der Waals surface area contributed by atoms with Crippen LogP contribution in [0.25, 0.3) is 21.7 Å². The average Bonchev–Trinajstić information content (AvgIpc) is 3.31. The molecular weight excluding hydrogens is 534 g/mol. The molecule has 1 heterocycles. The van der Waals surface area contributed by atoms with Crippen molar-refractivity contribution in [3.8, 4) is 11.5 Å². The zero-order chi connectivity index (χ0) is 28.8. The van der Waals surface area contributed by atoms with Crippen LogP contribution in [0, 0.1) is 0 Å². The van der Waals surface area contributed by atoms with Gasteiger partial charge < -0.3 is 15.0 Å². The molecule has 0 saturated carbocycles. The Labute approximate surface area is 224 Å². The lowest BCUT2D eigenvalue weighted by Gasteiger charge is -2.21. The number of benzene rings is 4. The molecule has 206 valence electrons. The molecule has 4 nitrogen and oxygen atoms in total. The number of aromatic amines is 1. The minimum atomic E-state index is -5.22. The number of rotatable bonds is 5. The molecule has 0 bridgehead atoms. The Bertz CT molecular complexity index is 1700. The van der Waals surface area contributed by atoms with Crippen LogP contribution in [0.15, 0.2) is 79.0 Å². The van der Waals surface area contributed by atoms with Gasteiger partial charge in [-0.05, 0) is 64.7 Å². The Morgan fingerprint density at radius 2 is 1.48 bits per heavy atom. The van der Waals surface area contributed by atoms with Gasteiger partial charge in [-0.3, -0.25) is 4.79 Å². The molecule has 0 saturated heterocycles. The molecular formula is C30H22F6N2O2. The Hall–Kier alpha value is -4.47. The van der Waals surface area contributed by atoms with Crippen molar-refractivity contribution in [2.75, 3.05) is 5.32 Å². The molecule has 0 radical (unpaired) electrons. The lowest BCUT2D eigenvalue weighted by Crippen LogP contribution is -2.17. The first kappa shape index (κ1) is 27.1. The highest BCUT2D eigenvalue weighted by Crippen LogP contribution is 2.48. The van der Waals surface area contributed by atoms with E-state index in [4.69, 9.17) is 4.74 Å². The molecule has 0 spiro atoms. The number of fused-ring (bicyclic) bond motifs is 2. The van der Waals surface area contributed by atoms with E-state index in [1.165, 1.54) is 30.3 Å². The van der Waals surface area contributed by atoms with Crippen molar-refractivity contribution in [3.05, 3.63) is 101 Å². The van der Waals surface area contributed by atoms with Crippen molar-refractivity contribution in [1.82, 2.24) is 4.98 Å². The van der Waals surface area contributed by atoms with Crippen LogP contribution < -0.4 is 10.1 Å². The minimum Gasteiger partial charge on any atom is -0.456 e. The van der Waals surface area contributed by atoms with E-state index >= 15 is 0 Å². The third-order valence-corrected chi connectivity index (χ3v) is 6.50. The molecule has 1 aromatic heterocycles. The van der Waals surface area contributed by atoms with Crippen molar-refractivity contribution in [2.45, 2.75) is 32.1 Å². The molecule has 1 amide bonds. The van der Waals surface area contributed by atoms with E-state index in [0.29, 0.717) is 28.4 Å². The maximum atomic E-state index is 14.1. The zero-order valence-electron chi connectivity index (χ0n) is 21.2. The van der Waals surface area contributed by atoms with E-state index in [1.807, 2.05) is 13.8 Å². The summed E-state index contributed by atoms with van der Waals surface area (Å²) in [6.45, 7) is 3.81. The Morgan fingerprint density at radius 1 is 0.825 bits per heavy atom. The van der Waals surface area contributed by atoms with Crippen LogP contribution in [0.1, 0.15) is 46.8 Å². The average molecular weight is 557 g/mol. The summed E-state index contributed by atoms with van der Waals surface area (Å²) in [5, 5.41) is 4.30.